The Labute approximate surface area is 282 Å². The molecule has 4 aromatic rings. The molecule has 2 N–H and O–H groups in total. The van der Waals surface area contributed by atoms with E-state index in [1.807, 2.05) is 16.4 Å². The molecule has 11 nitrogen and oxygen atoms in total. The summed E-state index contributed by atoms with van der Waals surface area (Å²) in [6.45, 7) is 4.26. The normalized spacial score (nSPS) is 28.5. The van der Waals surface area contributed by atoms with Crippen LogP contribution < -0.4 is 14.4 Å². The quantitative estimate of drug-likeness (QED) is 0.240. The van der Waals surface area contributed by atoms with Crippen LogP contribution in [0, 0.1) is 18.2 Å². The van der Waals surface area contributed by atoms with Gasteiger partial charge in [0.25, 0.3) is 0 Å². The molecule has 5 heterocycles. The minimum Gasteiger partial charge on any atom is -0.508 e. The number of aromatic nitrogens is 4. The summed E-state index contributed by atoms with van der Waals surface area (Å²) in [6, 6.07) is 5.83. The Balaban J connectivity index is 1.27. The number of methoxy groups -OCH3 is 1. The van der Waals surface area contributed by atoms with E-state index in [0.717, 1.165) is 25.8 Å². The van der Waals surface area contributed by atoms with E-state index < -0.39 is 23.1 Å². The lowest BCUT2D eigenvalue weighted by atomic mass is 9.89. The fourth-order valence-corrected chi connectivity index (χ4v) is 8.34. The van der Waals surface area contributed by atoms with E-state index in [9.17, 15) is 19.0 Å². The Kier molecular flexibility index (Phi) is 7.81. The van der Waals surface area contributed by atoms with E-state index in [-0.39, 0.29) is 47.8 Å². The zero-order chi connectivity index (χ0) is 34.1. The molecule has 0 radical (unpaired) electrons. The van der Waals surface area contributed by atoms with E-state index in [1.165, 1.54) is 24.3 Å². The number of aliphatic hydroxyl groups is 1. The van der Waals surface area contributed by atoms with Crippen molar-refractivity contribution in [2.45, 2.75) is 81.3 Å². The number of piperidine rings is 1. The van der Waals surface area contributed by atoms with Gasteiger partial charge in [-0.3, -0.25) is 9.47 Å². The molecule has 0 bridgehead atoms. The highest BCUT2D eigenvalue weighted by Crippen LogP contribution is 2.46. The van der Waals surface area contributed by atoms with Crippen molar-refractivity contribution in [1.29, 1.82) is 0 Å². The molecule has 3 saturated heterocycles. The number of anilines is 1. The third-order valence-electron chi connectivity index (χ3n) is 10.8. The second-order valence-electron chi connectivity index (χ2n) is 14.3. The predicted molar refractivity (Wildman–Crippen MR) is 179 cm³/mol. The number of phenolic OH excluding ortho intramolecular Hbond substituents is 1. The van der Waals surface area contributed by atoms with Crippen LogP contribution in [0.2, 0.25) is 0 Å². The van der Waals surface area contributed by atoms with Gasteiger partial charge in [-0.2, -0.15) is 15.0 Å². The third-order valence-corrected chi connectivity index (χ3v) is 10.8. The lowest BCUT2D eigenvalue weighted by Crippen LogP contribution is -2.47. The number of phenols is 1. The molecule has 0 unspecified atom stereocenters. The van der Waals surface area contributed by atoms with E-state index in [4.69, 9.17) is 35.6 Å². The van der Waals surface area contributed by atoms with Crippen LogP contribution in [0.5, 0.6) is 23.5 Å². The van der Waals surface area contributed by atoms with Crippen LogP contribution in [0.3, 0.4) is 0 Å². The summed E-state index contributed by atoms with van der Waals surface area (Å²) < 4.78 is 49.9. The molecular formula is C36H40F2N6O5. The molecular weight excluding hydrogens is 634 g/mol. The predicted octanol–water partition coefficient (Wildman–Crippen LogP) is 5.25. The first-order valence-corrected chi connectivity index (χ1v) is 17.0. The van der Waals surface area contributed by atoms with Gasteiger partial charge in [0.05, 0.1) is 22.8 Å². The summed E-state index contributed by atoms with van der Waals surface area (Å²) in [4.78, 5) is 18.8. The SMILES string of the molecule is C#Cc1c(F)ccc2cc(O)cc(Oc3nc4nc(OC[C@@]56CCCN5C[C@H](F)C6)nc(N5CCC[C@@](C)(O)C5)c4n3C3CC(OC)C3)c12. The van der Waals surface area contributed by atoms with Crippen molar-refractivity contribution in [3.8, 4) is 35.9 Å². The van der Waals surface area contributed by atoms with Gasteiger partial charge in [-0.1, -0.05) is 12.0 Å². The average Bonchev–Trinajstić information content (AvgIpc) is 3.68. The van der Waals surface area contributed by atoms with Gasteiger partial charge in [0.15, 0.2) is 11.5 Å². The number of hydrogen-bond donors (Lipinski definition) is 2. The lowest BCUT2D eigenvalue weighted by Gasteiger charge is -2.39. The molecule has 0 spiro atoms. The van der Waals surface area contributed by atoms with Crippen LogP contribution in [0.15, 0.2) is 24.3 Å². The van der Waals surface area contributed by atoms with Gasteiger partial charge < -0.3 is 29.3 Å². The average molecular weight is 675 g/mol. The summed E-state index contributed by atoms with van der Waals surface area (Å²) >= 11 is 0. The molecule has 258 valence electrons. The number of imidazole rings is 1. The largest absolute Gasteiger partial charge is 0.508 e. The standard InChI is InChI=1S/C36H40F2N6O5/c1-4-26-27(38)8-7-21-13-24(45)16-28(29(21)26)49-34-40-31-30(44(34)23-14-25(15-23)47-3)32(42-11-5-9-35(2,46)19-42)41-33(39-31)48-20-36-10-6-12-43(36)18-22(37)17-36/h1,7-8,13,16,22-23,25,45-46H,5-6,9-12,14-15,17-20H2,2-3H3/t22-,23?,25?,35-,36+/m1/s1. The Morgan fingerprint density at radius 2 is 1.94 bits per heavy atom. The lowest BCUT2D eigenvalue weighted by molar-refractivity contribution is 0.00575. The number of benzene rings is 2. The second kappa shape index (κ2) is 12.0. The summed E-state index contributed by atoms with van der Waals surface area (Å²) in [7, 11) is 1.67. The smallest absolute Gasteiger partial charge is 0.320 e. The van der Waals surface area contributed by atoms with Crippen molar-refractivity contribution in [1.82, 2.24) is 24.4 Å². The number of terminal acetylenes is 1. The number of alkyl halides is 1. The van der Waals surface area contributed by atoms with Gasteiger partial charge in [-0.15, -0.1) is 6.42 Å². The molecule has 4 aliphatic rings. The Morgan fingerprint density at radius 3 is 2.71 bits per heavy atom. The van der Waals surface area contributed by atoms with E-state index in [2.05, 4.69) is 10.8 Å². The van der Waals surface area contributed by atoms with Crippen molar-refractivity contribution in [2.75, 3.05) is 44.8 Å². The maximum Gasteiger partial charge on any atom is 0.320 e. The van der Waals surface area contributed by atoms with Crippen molar-refractivity contribution >= 4 is 27.8 Å². The zero-order valence-electron chi connectivity index (χ0n) is 27.7. The minimum absolute atomic E-state index is 0.00716. The van der Waals surface area contributed by atoms with E-state index in [0.29, 0.717) is 73.1 Å². The second-order valence-corrected chi connectivity index (χ2v) is 14.3. The molecule has 2 aromatic carbocycles. The van der Waals surface area contributed by atoms with Crippen molar-refractivity contribution in [3.05, 3.63) is 35.6 Å². The van der Waals surface area contributed by atoms with Gasteiger partial charge in [0, 0.05) is 50.7 Å². The molecule has 8 rings (SSSR count). The summed E-state index contributed by atoms with van der Waals surface area (Å²) in [5.74, 6) is 2.43. The van der Waals surface area contributed by atoms with Crippen LogP contribution >= 0.6 is 0 Å². The van der Waals surface area contributed by atoms with E-state index in [1.54, 1.807) is 7.11 Å². The first-order valence-electron chi connectivity index (χ1n) is 17.0. The van der Waals surface area contributed by atoms with Crippen LogP contribution in [-0.2, 0) is 4.74 Å². The zero-order valence-corrected chi connectivity index (χ0v) is 27.7. The number of β-amino-alcohol motifs (C(OH)–C–C–N with tert-alkyl or cyclic N) is 1. The van der Waals surface area contributed by atoms with Gasteiger partial charge in [-0.25, -0.2) is 8.78 Å². The van der Waals surface area contributed by atoms with Crippen molar-refractivity contribution in [3.63, 3.8) is 0 Å². The first kappa shape index (κ1) is 32.0. The van der Waals surface area contributed by atoms with Crippen molar-refractivity contribution in [2.24, 2.45) is 0 Å². The fourth-order valence-electron chi connectivity index (χ4n) is 8.34. The number of rotatable bonds is 8. The fraction of sp³-hybridized carbons (Fsp3) is 0.528. The molecule has 3 aliphatic heterocycles. The Morgan fingerprint density at radius 1 is 1.12 bits per heavy atom. The molecule has 3 atom stereocenters. The van der Waals surface area contributed by atoms with Gasteiger partial charge in [-0.05, 0) is 69.5 Å². The molecule has 1 aliphatic carbocycles. The van der Waals surface area contributed by atoms with Crippen LogP contribution in [0.1, 0.15) is 63.5 Å². The molecule has 1 saturated carbocycles. The summed E-state index contributed by atoms with van der Waals surface area (Å²) in [5.41, 5.74) is -0.436. The highest BCUT2D eigenvalue weighted by Gasteiger charge is 2.49. The van der Waals surface area contributed by atoms with Crippen LogP contribution in [0.4, 0.5) is 14.6 Å². The maximum absolute atomic E-state index is 14.9. The summed E-state index contributed by atoms with van der Waals surface area (Å²) in [5, 5.41) is 22.6. The Hall–Kier alpha value is -4.25. The number of aromatic hydroxyl groups is 1. The summed E-state index contributed by atoms with van der Waals surface area (Å²) in [6.07, 6.45) is 9.83. The van der Waals surface area contributed by atoms with Gasteiger partial charge in [0.2, 0.25) is 0 Å². The first-order chi connectivity index (χ1) is 23.6. The maximum atomic E-state index is 14.9. The topological polar surface area (TPSA) is 118 Å². The molecule has 0 amide bonds. The highest BCUT2D eigenvalue weighted by molar-refractivity contribution is 5.95. The molecule has 49 heavy (non-hydrogen) atoms. The molecule has 4 fully saturated rings. The number of halogens is 2. The molecule has 13 heteroatoms. The Bertz CT molecular complexity index is 1970. The number of nitrogens with zero attached hydrogens (tertiary/aromatic N) is 6. The minimum atomic E-state index is -0.947. The number of hydrogen-bond acceptors (Lipinski definition) is 10. The van der Waals surface area contributed by atoms with Gasteiger partial charge >= 0.3 is 12.0 Å². The number of ether oxygens (including phenoxy) is 3. The third kappa shape index (κ3) is 5.59. The van der Waals surface area contributed by atoms with Crippen LogP contribution in [-0.4, -0.2) is 97.9 Å². The molecule has 2 aromatic heterocycles. The van der Waals surface area contributed by atoms with Crippen LogP contribution in [0.25, 0.3) is 21.9 Å². The monoisotopic (exact) mass is 674 g/mol. The van der Waals surface area contributed by atoms with Crippen molar-refractivity contribution < 1.29 is 33.2 Å². The van der Waals surface area contributed by atoms with Gasteiger partial charge in [0.1, 0.15) is 35.6 Å². The highest BCUT2D eigenvalue weighted by atomic mass is 19.1. The van der Waals surface area contributed by atoms with E-state index >= 15 is 0 Å². The number of fused-ring (bicyclic) bond motifs is 3.